The number of rotatable bonds is 40. The molecule has 278 valence electrons. The molecule has 0 heterocycles. The van der Waals surface area contributed by atoms with Crippen molar-refractivity contribution in [3.63, 3.8) is 0 Å². The molecule has 0 rings (SSSR count). The Labute approximate surface area is 295 Å². The monoisotopic (exact) mass is 648 g/mol. The molecule has 0 spiro atoms. The molecule has 0 atom stereocenters. The maximum absolute atomic E-state index is 2.93. The van der Waals surface area contributed by atoms with Gasteiger partial charge >= 0.3 is 0 Å². The van der Waals surface area contributed by atoms with Crippen molar-refractivity contribution in [3.8, 4) is 0 Å². The summed E-state index contributed by atoms with van der Waals surface area (Å²) >= 11 is 0. The second kappa shape index (κ2) is 37.8. The lowest BCUT2D eigenvalue weighted by Crippen LogP contribution is -2.45. The second-order valence-electron chi connectivity index (χ2n) is 16.2. The summed E-state index contributed by atoms with van der Waals surface area (Å²) in [6.45, 7) is 14.8. The van der Waals surface area contributed by atoms with Gasteiger partial charge in [0.15, 0.2) is 0 Å². The maximum Gasteiger partial charge on any atom is 0.0153 e. The van der Waals surface area contributed by atoms with Crippen LogP contribution in [-0.2, 0) is 0 Å². The third-order valence-corrected chi connectivity index (χ3v) is 11.1. The summed E-state index contributed by atoms with van der Waals surface area (Å²) in [5.41, 5.74) is 0.369. The smallest absolute Gasteiger partial charge is 0.0153 e. The number of hydrogen-bond donors (Lipinski definition) is 0. The molecule has 0 saturated carbocycles. The SMILES string of the molecule is CCCCCCCCCCCCCCN(CCCCCCCCCCCCCC)C(C)(C)CCCCCCCCCCCCCC. The fourth-order valence-electron chi connectivity index (χ4n) is 7.56. The van der Waals surface area contributed by atoms with Crippen molar-refractivity contribution in [2.24, 2.45) is 0 Å². The summed E-state index contributed by atoms with van der Waals surface area (Å²) in [4.78, 5) is 2.93. The van der Waals surface area contributed by atoms with E-state index in [1.165, 1.54) is 251 Å². The van der Waals surface area contributed by atoms with E-state index in [0.717, 1.165) is 0 Å². The summed E-state index contributed by atoms with van der Waals surface area (Å²) in [6.07, 6.45) is 53.7. The minimum Gasteiger partial charge on any atom is -0.298 e. The summed E-state index contributed by atoms with van der Waals surface area (Å²) in [5.74, 6) is 0. The average Bonchev–Trinajstić information content (AvgIpc) is 3.05. The summed E-state index contributed by atoms with van der Waals surface area (Å²) in [7, 11) is 0. The zero-order chi connectivity index (χ0) is 33.7. The predicted molar refractivity (Wildman–Crippen MR) is 214 cm³/mol. The van der Waals surface area contributed by atoms with Crippen LogP contribution in [0.1, 0.15) is 272 Å². The highest BCUT2D eigenvalue weighted by Gasteiger charge is 2.25. The van der Waals surface area contributed by atoms with Crippen molar-refractivity contribution in [1.29, 1.82) is 0 Å². The quantitative estimate of drug-likeness (QED) is 0.0598. The minimum absolute atomic E-state index is 0.369. The lowest BCUT2D eigenvalue weighted by atomic mass is 9.92. The molecule has 0 N–H and O–H groups in total. The Morgan fingerprint density at radius 2 is 0.457 bits per heavy atom. The van der Waals surface area contributed by atoms with E-state index in [1.807, 2.05) is 0 Å². The van der Waals surface area contributed by atoms with Crippen LogP contribution in [-0.4, -0.2) is 23.5 Å². The van der Waals surface area contributed by atoms with Crippen LogP contribution >= 0.6 is 0 Å². The van der Waals surface area contributed by atoms with Gasteiger partial charge in [0.2, 0.25) is 0 Å². The van der Waals surface area contributed by atoms with Crippen molar-refractivity contribution < 1.29 is 0 Å². The third kappa shape index (κ3) is 33.8. The van der Waals surface area contributed by atoms with Gasteiger partial charge in [0.25, 0.3) is 0 Å². The van der Waals surface area contributed by atoms with Gasteiger partial charge in [-0.15, -0.1) is 0 Å². The Morgan fingerprint density at radius 1 is 0.261 bits per heavy atom. The van der Waals surface area contributed by atoms with Gasteiger partial charge < -0.3 is 0 Å². The second-order valence-corrected chi connectivity index (χ2v) is 16.2. The van der Waals surface area contributed by atoms with E-state index in [1.54, 1.807) is 0 Å². The molecule has 0 radical (unpaired) electrons. The van der Waals surface area contributed by atoms with Gasteiger partial charge in [-0.1, -0.05) is 239 Å². The predicted octanol–water partition coefficient (Wildman–Crippen LogP) is 16.6. The van der Waals surface area contributed by atoms with Crippen LogP contribution in [0.2, 0.25) is 0 Å². The van der Waals surface area contributed by atoms with Crippen molar-refractivity contribution in [2.75, 3.05) is 13.1 Å². The average molecular weight is 648 g/mol. The first-order chi connectivity index (χ1) is 22.6. The highest BCUT2D eigenvalue weighted by molar-refractivity contribution is 4.81. The Bertz CT molecular complexity index is 511. The summed E-state index contributed by atoms with van der Waals surface area (Å²) < 4.78 is 0. The normalized spacial score (nSPS) is 12.1. The van der Waals surface area contributed by atoms with E-state index in [4.69, 9.17) is 0 Å². The van der Waals surface area contributed by atoms with E-state index in [9.17, 15) is 0 Å². The van der Waals surface area contributed by atoms with E-state index >= 15 is 0 Å². The fourth-order valence-corrected chi connectivity index (χ4v) is 7.56. The molecule has 0 aliphatic heterocycles. The van der Waals surface area contributed by atoms with Gasteiger partial charge in [0.05, 0.1) is 0 Å². The highest BCUT2D eigenvalue weighted by Crippen LogP contribution is 2.25. The molecule has 0 saturated heterocycles. The zero-order valence-corrected chi connectivity index (χ0v) is 33.5. The summed E-state index contributed by atoms with van der Waals surface area (Å²) in [5, 5.41) is 0. The maximum atomic E-state index is 2.93. The van der Waals surface area contributed by atoms with Crippen molar-refractivity contribution in [3.05, 3.63) is 0 Å². The number of unbranched alkanes of at least 4 members (excludes halogenated alkanes) is 33. The van der Waals surface area contributed by atoms with Crippen LogP contribution < -0.4 is 0 Å². The highest BCUT2D eigenvalue weighted by atomic mass is 15.2. The molecule has 0 aromatic heterocycles. The molecule has 46 heavy (non-hydrogen) atoms. The largest absolute Gasteiger partial charge is 0.298 e. The van der Waals surface area contributed by atoms with Gasteiger partial charge in [-0.05, 0) is 46.2 Å². The van der Waals surface area contributed by atoms with Crippen molar-refractivity contribution >= 4 is 0 Å². The first-order valence-corrected chi connectivity index (χ1v) is 22.3. The van der Waals surface area contributed by atoms with Gasteiger partial charge in [-0.2, -0.15) is 0 Å². The molecular formula is C45H93N. The molecule has 0 aliphatic carbocycles. The summed E-state index contributed by atoms with van der Waals surface area (Å²) in [6, 6.07) is 0. The standard InChI is InChI=1S/C45H93N/c1-6-9-12-15-18-21-24-27-30-33-36-39-42-45(4,5)46(43-40-37-34-31-28-25-22-19-16-13-10-7-2)44-41-38-35-32-29-26-23-20-17-14-11-8-3/h6-44H2,1-5H3. The van der Waals surface area contributed by atoms with Crippen LogP contribution in [0.15, 0.2) is 0 Å². The topological polar surface area (TPSA) is 3.24 Å². The minimum atomic E-state index is 0.369. The lowest BCUT2D eigenvalue weighted by Gasteiger charge is -2.39. The van der Waals surface area contributed by atoms with Gasteiger partial charge in [-0.3, -0.25) is 4.90 Å². The molecule has 0 aromatic carbocycles. The molecular weight excluding hydrogens is 555 g/mol. The molecule has 0 unspecified atom stereocenters. The van der Waals surface area contributed by atoms with Crippen LogP contribution in [0, 0.1) is 0 Å². The Morgan fingerprint density at radius 3 is 0.696 bits per heavy atom. The Balaban J connectivity index is 4.21. The van der Waals surface area contributed by atoms with Crippen LogP contribution in [0.4, 0.5) is 0 Å². The number of hydrogen-bond acceptors (Lipinski definition) is 1. The number of nitrogens with zero attached hydrogens (tertiary/aromatic N) is 1. The van der Waals surface area contributed by atoms with Crippen molar-refractivity contribution in [1.82, 2.24) is 4.90 Å². The van der Waals surface area contributed by atoms with Crippen molar-refractivity contribution in [2.45, 2.75) is 278 Å². The lowest BCUT2D eigenvalue weighted by molar-refractivity contribution is 0.102. The van der Waals surface area contributed by atoms with E-state index in [-0.39, 0.29) is 0 Å². The van der Waals surface area contributed by atoms with Crippen LogP contribution in [0.25, 0.3) is 0 Å². The van der Waals surface area contributed by atoms with E-state index in [2.05, 4.69) is 39.5 Å². The Kier molecular flexibility index (Phi) is 37.7. The van der Waals surface area contributed by atoms with Gasteiger partial charge in [0.1, 0.15) is 0 Å². The molecule has 0 bridgehead atoms. The molecule has 0 fully saturated rings. The van der Waals surface area contributed by atoms with E-state index < -0.39 is 0 Å². The molecule has 0 aliphatic rings. The molecule has 1 nitrogen and oxygen atoms in total. The Hall–Kier alpha value is -0.0400. The van der Waals surface area contributed by atoms with Crippen LogP contribution in [0.3, 0.4) is 0 Å². The third-order valence-electron chi connectivity index (χ3n) is 11.1. The first-order valence-electron chi connectivity index (χ1n) is 22.3. The zero-order valence-electron chi connectivity index (χ0n) is 33.5. The van der Waals surface area contributed by atoms with Crippen LogP contribution in [0.5, 0.6) is 0 Å². The van der Waals surface area contributed by atoms with E-state index in [0.29, 0.717) is 5.54 Å². The van der Waals surface area contributed by atoms with Gasteiger partial charge in [-0.25, -0.2) is 0 Å². The molecule has 0 aromatic rings. The molecule has 1 heteroatoms. The fraction of sp³-hybridized carbons (Fsp3) is 1.00. The first kappa shape index (κ1) is 46.0. The van der Waals surface area contributed by atoms with Gasteiger partial charge in [0, 0.05) is 5.54 Å². The molecule has 0 amide bonds.